The molecule has 3 N–H and O–H groups in total. The average Bonchev–Trinajstić information content (AvgIpc) is 2.83. The number of rotatable bonds is 9. The van der Waals surface area contributed by atoms with Crippen molar-refractivity contribution >= 4 is 23.2 Å². The van der Waals surface area contributed by atoms with E-state index < -0.39 is 0 Å². The van der Waals surface area contributed by atoms with E-state index in [1.165, 1.54) is 4.88 Å². The van der Waals surface area contributed by atoms with Crippen LogP contribution >= 0.6 is 11.3 Å². The van der Waals surface area contributed by atoms with Crippen LogP contribution in [-0.2, 0) is 16.0 Å². The Labute approximate surface area is 141 Å². The minimum atomic E-state index is -0.120. The summed E-state index contributed by atoms with van der Waals surface area (Å²) in [5.74, 6) is 0.518. The highest BCUT2D eigenvalue weighted by atomic mass is 32.1. The molecule has 0 fully saturated rings. The van der Waals surface area contributed by atoms with Crippen molar-refractivity contribution in [2.75, 3.05) is 39.9 Å². The second kappa shape index (κ2) is 11.0. The number of carbonyl (C=O) groups excluding carboxylic acids is 1. The van der Waals surface area contributed by atoms with Crippen molar-refractivity contribution in [1.29, 1.82) is 0 Å². The van der Waals surface area contributed by atoms with E-state index in [9.17, 15) is 4.79 Å². The van der Waals surface area contributed by atoms with E-state index in [1.807, 2.05) is 13.8 Å². The standard InChI is InChI=1S/C15H27N5O2S/c1-5-16-15(19-10-13(21)17-8-9-22-4)18-7-6-14-20-11(2)12(3)23-14/h5-10H2,1-4H3,(H,17,21)(H2,16,18,19). The smallest absolute Gasteiger partial charge is 0.241 e. The molecule has 7 nitrogen and oxygen atoms in total. The van der Waals surface area contributed by atoms with Gasteiger partial charge in [-0.2, -0.15) is 0 Å². The Balaban J connectivity index is 2.38. The lowest BCUT2D eigenvalue weighted by atomic mass is 10.4. The van der Waals surface area contributed by atoms with Gasteiger partial charge in [-0.1, -0.05) is 0 Å². The van der Waals surface area contributed by atoms with Crippen molar-refractivity contribution in [2.45, 2.75) is 27.2 Å². The number of guanidine groups is 1. The van der Waals surface area contributed by atoms with Crippen LogP contribution in [-0.4, -0.2) is 56.7 Å². The van der Waals surface area contributed by atoms with Gasteiger partial charge in [-0.25, -0.2) is 9.98 Å². The zero-order valence-corrected chi connectivity index (χ0v) is 15.2. The van der Waals surface area contributed by atoms with E-state index in [0.717, 1.165) is 30.2 Å². The van der Waals surface area contributed by atoms with Crippen molar-refractivity contribution in [3.8, 4) is 0 Å². The summed E-state index contributed by atoms with van der Waals surface area (Å²) in [5, 5.41) is 10.2. The second-order valence-electron chi connectivity index (χ2n) is 4.96. The van der Waals surface area contributed by atoms with E-state index >= 15 is 0 Å². The summed E-state index contributed by atoms with van der Waals surface area (Å²) < 4.78 is 4.88. The third kappa shape index (κ3) is 7.94. The highest BCUT2D eigenvalue weighted by molar-refractivity contribution is 7.11. The van der Waals surface area contributed by atoms with Gasteiger partial charge in [0.1, 0.15) is 6.54 Å². The van der Waals surface area contributed by atoms with E-state index in [0.29, 0.717) is 19.1 Å². The summed E-state index contributed by atoms with van der Waals surface area (Å²) >= 11 is 1.72. The van der Waals surface area contributed by atoms with Gasteiger partial charge in [0.15, 0.2) is 5.96 Å². The van der Waals surface area contributed by atoms with E-state index in [2.05, 4.69) is 32.9 Å². The molecule has 0 bridgehead atoms. The summed E-state index contributed by atoms with van der Waals surface area (Å²) in [4.78, 5) is 21.7. The third-order valence-corrected chi connectivity index (χ3v) is 4.19. The number of ether oxygens (including phenoxy) is 1. The Morgan fingerprint density at radius 2 is 2.04 bits per heavy atom. The largest absolute Gasteiger partial charge is 0.383 e. The Bertz CT molecular complexity index is 496. The molecule has 0 unspecified atom stereocenters. The van der Waals surface area contributed by atoms with Gasteiger partial charge in [0, 0.05) is 38.0 Å². The minimum absolute atomic E-state index is 0.0918. The van der Waals surface area contributed by atoms with Crippen LogP contribution in [0.25, 0.3) is 0 Å². The molecule has 0 saturated carbocycles. The van der Waals surface area contributed by atoms with Crippen molar-refractivity contribution in [3.63, 3.8) is 0 Å². The van der Waals surface area contributed by atoms with Gasteiger partial charge in [0.2, 0.25) is 5.91 Å². The highest BCUT2D eigenvalue weighted by Gasteiger charge is 2.05. The molecule has 1 rings (SSSR count). The normalized spacial score (nSPS) is 11.4. The van der Waals surface area contributed by atoms with Crippen LogP contribution in [0.2, 0.25) is 0 Å². The van der Waals surface area contributed by atoms with Crippen molar-refractivity contribution < 1.29 is 9.53 Å². The fraction of sp³-hybridized carbons (Fsp3) is 0.667. The van der Waals surface area contributed by atoms with Gasteiger partial charge in [0.05, 0.1) is 17.3 Å². The molecular formula is C15H27N5O2S. The topological polar surface area (TPSA) is 87.6 Å². The maximum atomic E-state index is 11.6. The fourth-order valence-corrected chi connectivity index (χ4v) is 2.71. The zero-order valence-electron chi connectivity index (χ0n) is 14.4. The molecule has 0 aromatic carbocycles. The minimum Gasteiger partial charge on any atom is -0.383 e. The van der Waals surface area contributed by atoms with Gasteiger partial charge >= 0.3 is 0 Å². The molecule has 23 heavy (non-hydrogen) atoms. The first-order chi connectivity index (χ1) is 11.1. The molecule has 1 heterocycles. The zero-order chi connectivity index (χ0) is 17.1. The fourth-order valence-electron chi connectivity index (χ4n) is 1.77. The summed E-state index contributed by atoms with van der Waals surface area (Å²) in [6.07, 6.45) is 0.837. The van der Waals surface area contributed by atoms with Gasteiger partial charge in [0.25, 0.3) is 0 Å². The van der Waals surface area contributed by atoms with Gasteiger partial charge < -0.3 is 20.7 Å². The number of nitrogens with one attached hydrogen (secondary N) is 3. The molecular weight excluding hydrogens is 314 g/mol. The molecule has 1 aromatic heterocycles. The lowest BCUT2D eigenvalue weighted by molar-refractivity contribution is -0.119. The Kier molecular flexibility index (Phi) is 9.23. The molecule has 130 valence electrons. The number of hydrogen-bond donors (Lipinski definition) is 3. The summed E-state index contributed by atoms with van der Waals surface area (Å²) in [6.45, 7) is 8.65. The van der Waals surface area contributed by atoms with Crippen LogP contribution in [0.3, 0.4) is 0 Å². The molecule has 0 aliphatic rings. The molecule has 0 aliphatic carbocycles. The number of amides is 1. The number of methoxy groups -OCH3 is 1. The first-order valence-corrected chi connectivity index (χ1v) is 8.59. The lowest BCUT2D eigenvalue weighted by Gasteiger charge is -2.10. The Morgan fingerprint density at radius 3 is 2.65 bits per heavy atom. The first kappa shape index (κ1) is 19.4. The number of nitrogens with zero attached hydrogens (tertiary/aromatic N) is 2. The molecule has 0 radical (unpaired) electrons. The number of hydrogen-bond acceptors (Lipinski definition) is 5. The monoisotopic (exact) mass is 341 g/mol. The molecule has 0 spiro atoms. The summed E-state index contributed by atoms with van der Waals surface area (Å²) in [5.41, 5.74) is 1.10. The molecule has 8 heteroatoms. The molecule has 1 aromatic rings. The van der Waals surface area contributed by atoms with E-state index in [1.54, 1.807) is 18.4 Å². The maximum absolute atomic E-state index is 11.6. The quantitative estimate of drug-likeness (QED) is 0.348. The predicted molar refractivity (Wildman–Crippen MR) is 94.2 cm³/mol. The first-order valence-electron chi connectivity index (χ1n) is 7.77. The average molecular weight is 341 g/mol. The Hall–Kier alpha value is -1.67. The molecule has 0 saturated heterocycles. The molecule has 0 aliphatic heterocycles. The number of aryl methyl sites for hydroxylation is 2. The van der Waals surface area contributed by atoms with Crippen molar-refractivity contribution in [1.82, 2.24) is 20.9 Å². The lowest BCUT2D eigenvalue weighted by Crippen LogP contribution is -2.39. The maximum Gasteiger partial charge on any atom is 0.241 e. The number of aliphatic imine (C=N–C) groups is 1. The number of thiazole rings is 1. The summed E-state index contributed by atoms with van der Waals surface area (Å²) in [7, 11) is 1.60. The van der Waals surface area contributed by atoms with Crippen molar-refractivity contribution in [2.24, 2.45) is 4.99 Å². The third-order valence-electron chi connectivity index (χ3n) is 3.06. The Morgan fingerprint density at radius 1 is 1.26 bits per heavy atom. The second-order valence-corrected chi connectivity index (χ2v) is 6.25. The van der Waals surface area contributed by atoms with E-state index in [-0.39, 0.29) is 12.5 Å². The van der Waals surface area contributed by atoms with Gasteiger partial charge in [-0.3, -0.25) is 4.79 Å². The van der Waals surface area contributed by atoms with E-state index in [4.69, 9.17) is 4.74 Å². The van der Waals surface area contributed by atoms with Crippen LogP contribution in [0.15, 0.2) is 4.99 Å². The number of aromatic nitrogens is 1. The van der Waals surface area contributed by atoms with Crippen LogP contribution in [0.1, 0.15) is 22.5 Å². The van der Waals surface area contributed by atoms with Crippen LogP contribution < -0.4 is 16.0 Å². The highest BCUT2D eigenvalue weighted by Crippen LogP contribution is 2.16. The van der Waals surface area contributed by atoms with Crippen molar-refractivity contribution in [3.05, 3.63) is 15.6 Å². The SMILES string of the molecule is CCNC(=NCC(=O)NCCOC)NCCc1nc(C)c(C)s1. The molecule has 1 amide bonds. The molecule has 0 atom stereocenters. The van der Waals surface area contributed by atoms with Gasteiger partial charge in [-0.15, -0.1) is 11.3 Å². The van der Waals surface area contributed by atoms with Gasteiger partial charge in [-0.05, 0) is 20.8 Å². The van der Waals surface area contributed by atoms with Crippen LogP contribution in [0.5, 0.6) is 0 Å². The number of carbonyl (C=O) groups is 1. The predicted octanol–water partition coefficient (Wildman–Crippen LogP) is 0.620. The summed E-state index contributed by atoms with van der Waals surface area (Å²) in [6, 6.07) is 0. The van der Waals surface area contributed by atoms with Crippen LogP contribution in [0.4, 0.5) is 0 Å². The van der Waals surface area contributed by atoms with Crippen LogP contribution in [0, 0.1) is 13.8 Å².